The van der Waals surface area contributed by atoms with Crippen LogP contribution in [0.3, 0.4) is 0 Å². The van der Waals surface area contributed by atoms with E-state index in [4.69, 9.17) is 16.3 Å². The maximum absolute atomic E-state index is 12.1. The molecule has 0 spiro atoms. The van der Waals surface area contributed by atoms with Crippen molar-refractivity contribution in [3.63, 3.8) is 0 Å². The molecule has 1 unspecified atom stereocenters. The molecule has 1 aromatic rings. The minimum absolute atomic E-state index is 0.0100. The Kier molecular flexibility index (Phi) is 8.39. The van der Waals surface area contributed by atoms with E-state index in [2.05, 4.69) is 15.2 Å². The van der Waals surface area contributed by atoms with Crippen LogP contribution in [0.4, 0.5) is 0 Å². The third-order valence-corrected chi connectivity index (χ3v) is 5.12. The fraction of sp³-hybridized carbons (Fsp3) is 0.429. The van der Waals surface area contributed by atoms with Crippen LogP contribution in [0.1, 0.15) is 42.6 Å². The van der Waals surface area contributed by atoms with Crippen LogP contribution in [0.2, 0.25) is 5.02 Å². The molecule has 1 aromatic carbocycles. The van der Waals surface area contributed by atoms with Gasteiger partial charge in [-0.25, -0.2) is 4.79 Å². The van der Waals surface area contributed by atoms with Crippen molar-refractivity contribution >= 4 is 23.8 Å². The van der Waals surface area contributed by atoms with Crippen LogP contribution in [0.5, 0.6) is 11.5 Å². The standard InChI is InChI=1S/C19H22ClN3O4.C2H6/c1-27-19(26)17-13(18(20)15(25)10-14(17)24)2-3-16-22-8-9-23(16)11-12-4-6-21-7-5-12;1-2/h4,6,8-10,16,22,24-25H,2-3,5,7,11H2,1H3;1-2H3. The van der Waals surface area contributed by atoms with E-state index in [0.717, 1.165) is 25.6 Å². The van der Waals surface area contributed by atoms with E-state index in [0.29, 0.717) is 18.4 Å². The van der Waals surface area contributed by atoms with Crippen LogP contribution in [-0.4, -0.2) is 53.7 Å². The summed E-state index contributed by atoms with van der Waals surface area (Å²) in [5.41, 5.74) is 1.66. The molecule has 0 aromatic heterocycles. The Labute approximate surface area is 176 Å². The predicted molar refractivity (Wildman–Crippen MR) is 115 cm³/mol. The number of ether oxygens (including phenoxy) is 1. The molecule has 7 nitrogen and oxygen atoms in total. The van der Waals surface area contributed by atoms with Gasteiger partial charge in [-0.1, -0.05) is 25.4 Å². The van der Waals surface area contributed by atoms with Gasteiger partial charge in [-0.3, -0.25) is 4.99 Å². The summed E-state index contributed by atoms with van der Waals surface area (Å²) < 4.78 is 4.75. The largest absolute Gasteiger partial charge is 0.507 e. The molecule has 0 radical (unpaired) electrons. The molecule has 29 heavy (non-hydrogen) atoms. The molecule has 0 saturated carbocycles. The van der Waals surface area contributed by atoms with Gasteiger partial charge in [0.1, 0.15) is 17.1 Å². The van der Waals surface area contributed by atoms with Crippen molar-refractivity contribution < 1.29 is 19.7 Å². The molecule has 0 aliphatic carbocycles. The van der Waals surface area contributed by atoms with Gasteiger partial charge in [0.25, 0.3) is 0 Å². The highest BCUT2D eigenvalue weighted by molar-refractivity contribution is 6.33. The Morgan fingerprint density at radius 2 is 2.14 bits per heavy atom. The second-order valence-electron chi connectivity index (χ2n) is 6.41. The Balaban J connectivity index is 0.00000145. The zero-order valence-corrected chi connectivity index (χ0v) is 17.7. The first-order valence-corrected chi connectivity index (χ1v) is 10.1. The number of allylic oxidation sites excluding steroid dienone is 1. The number of nitrogens with one attached hydrogen (secondary N) is 1. The average molecular weight is 422 g/mol. The lowest BCUT2D eigenvalue weighted by atomic mass is 9.99. The number of hydrogen-bond acceptors (Lipinski definition) is 7. The minimum atomic E-state index is -0.689. The number of esters is 1. The predicted octanol–water partition coefficient (Wildman–Crippen LogP) is 3.60. The van der Waals surface area contributed by atoms with E-state index in [1.165, 1.54) is 12.7 Å². The Morgan fingerprint density at radius 1 is 1.38 bits per heavy atom. The summed E-state index contributed by atoms with van der Waals surface area (Å²) in [6.07, 6.45) is 9.67. The summed E-state index contributed by atoms with van der Waals surface area (Å²) in [6, 6.07) is 1.05. The number of nitrogens with zero attached hydrogens (tertiary/aromatic N) is 2. The van der Waals surface area contributed by atoms with Gasteiger partial charge in [0.2, 0.25) is 0 Å². The molecule has 0 saturated heterocycles. The van der Waals surface area contributed by atoms with E-state index in [-0.39, 0.29) is 28.3 Å². The zero-order chi connectivity index (χ0) is 21.4. The van der Waals surface area contributed by atoms with Crippen molar-refractivity contribution in [1.29, 1.82) is 0 Å². The molecule has 0 fully saturated rings. The maximum Gasteiger partial charge on any atom is 0.341 e. The normalized spacial score (nSPS) is 17.3. The number of aromatic hydroxyl groups is 2. The first-order chi connectivity index (χ1) is 14.0. The Morgan fingerprint density at radius 3 is 2.79 bits per heavy atom. The lowest BCUT2D eigenvalue weighted by Gasteiger charge is -2.27. The number of benzene rings is 1. The highest BCUT2D eigenvalue weighted by Gasteiger charge is 2.25. The van der Waals surface area contributed by atoms with E-state index in [1.807, 2.05) is 38.5 Å². The molecular weight excluding hydrogens is 394 g/mol. The number of rotatable bonds is 6. The van der Waals surface area contributed by atoms with Gasteiger partial charge in [0.15, 0.2) is 0 Å². The molecular formula is C21H28ClN3O4. The van der Waals surface area contributed by atoms with Crippen molar-refractivity contribution in [1.82, 2.24) is 10.2 Å². The van der Waals surface area contributed by atoms with Gasteiger partial charge in [-0.15, -0.1) is 0 Å². The lowest BCUT2D eigenvalue weighted by molar-refractivity contribution is 0.0596. The monoisotopic (exact) mass is 421 g/mol. The van der Waals surface area contributed by atoms with E-state index >= 15 is 0 Å². The topological polar surface area (TPSA) is 94.4 Å². The number of aliphatic imine (C=N–C) groups is 1. The van der Waals surface area contributed by atoms with Gasteiger partial charge < -0.3 is 25.2 Å². The summed E-state index contributed by atoms with van der Waals surface area (Å²) >= 11 is 6.21. The quantitative estimate of drug-likeness (QED) is 0.607. The van der Waals surface area contributed by atoms with Crippen molar-refractivity contribution in [2.75, 3.05) is 20.2 Å². The summed E-state index contributed by atoms with van der Waals surface area (Å²) in [5.74, 6) is -1.30. The number of carbonyl (C=O) groups excluding carboxylic acids is 1. The van der Waals surface area contributed by atoms with Crippen LogP contribution in [0.25, 0.3) is 0 Å². The molecule has 8 heteroatoms. The first-order valence-electron chi connectivity index (χ1n) is 9.69. The molecule has 1 atom stereocenters. The summed E-state index contributed by atoms with van der Waals surface area (Å²) in [4.78, 5) is 18.4. The molecule has 3 N–H and O–H groups in total. The van der Waals surface area contributed by atoms with Gasteiger partial charge in [0, 0.05) is 37.8 Å². The minimum Gasteiger partial charge on any atom is -0.507 e. The fourth-order valence-electron chi connectivity index (χ4n) is 3.28. The summed E-state index contributed by atoms with van der Waals surface area (Å²) in [7, 11) is 1.23. The second kappa shape index (κ2) is 10.8. The number of halogens is 1. The maximum atomic E-state index is 12.1. The van der Waals surface area contributed by atoms with Crippen LogP contribution >= 0.6 is 11.6 Å². The smallest absolute Gasteiger partial charge is 0.341 e. The lowest BCUT2D eigenvalue weighted by Crippen LogP contribution is -2.37. The van der Waals surface area contributed by atoms with Crippen LogP contribution < -0.4 is 5.32 Å². The van der Waals surface area contributed by atoms with E-state index in [1.54, 1.807) is 0 Å². The molecule has 158 valence electrons. The first kappa shape index (κ1) is 22.6. The zero-order valence-electron chi connectivity index (χ0n) is 17.0. The molecule has 3 rings (SSSR count). The van der Waals surface area contributed by atoms with Crippen molar-refractivity contribution in [3.8, 4) is 11.5 Å². The molecule has 2 aliphatic rings. The van der Waals surface area contributed by atoms with Crippen molar-refractivity contribution in [2.24, 2.45) is 4.99 Å². The molecule has 0 bridgehead atoms. The van der Waals surface area contributed by atoms with Gasteiger partial charge in [-0.2, -0.15) is 0 Å². The summed E-state index contributed by atoms with van der Waals surface area (Å²) in [5, 5.41) is 23.3. The average Bonchev–Trinajstić information content (AvgIpc) is 3.18. The van der Waals surface area contributed by atoms with Gasteiger partial charge >= 0.3 is 5.97 Å². The number of phenolic OH excluding ortho intramolecular Hbond substituents is 2. The molecule has 2 heterocycles. The van der Waals surface area contributed by atoms with Crippen LogP contribution in [0, 0.1) is 0 Å². The van der Waals surface area contributed by atoms with Crippen LogP contribution in [-0.2, 0) is 11.2 Å². The van der Waals surface area contributed by atoms with E-state index in [9.17, 15) is 15.0 Å². The Bertz CT molecular complexity index is 821. The van der Waals surface area contributed by atoms with E-state index < -0.39 is 5.97 Å². The Hall–Kier alpha value is -2.67. The number of hydrogen-bond donors (Lipinski definition) is 3. The van der Waals surface area contributed by atoms with Gasteiger partial charge in [0.05, 0.1) is 18.3 Å². The van der Waals surface area contributed by atoms with Crippen molar-refractivity contribution in [2.45, 2.75) is 39.3 Å². The second-order valence-corrected chi connectivity index (χ2v) is 6.79. The molecule has 0 amide bonds. The highest BCUT2D eigenvalue weighted by atomic mass is 35.5. The number of phenols is 2. The third kappa shape index (κ3) is 5.44. The van der Waals surface area contributed by atoms with Crippen LogP contribution in [0.15, 0.2) is 35.1 Å². The SMILES string of the molecule is CC.COC(=O)c1c(O)cc(O)c(Cl)c1CCC1NC=CN1CC1=CC=NCC1. The number of dihydropyridines is 1. The van der Waals surface area contributed by atoms with Crippen molar-refractivity contribution in [3.05, 3.63) is 46.3 Å². The number of methoxy groups -OCH3 is 1. The highest BCUT2D eigenvalue weighted by Crippen LogP contribution is 2.37. The number of carbonyl (C=O) groups is 1. The fourth-order valence-corrected chi connectivity index (χ4v) is 3.53. The molecule has 2 aliphatic heterocycles. The summed E-state index contributed by atoms with van der Waals surface area (Å²) in [6.45, 7) is 5.59. The van der Waals surface area contributed by atoms with Gasteiger partial charge in [-0.05, 0) is 36.5 Å². The third-order valence-electron chi connectivity index (χ3n) is 4.70.